The highest BCUT2D eigenvalue weighted by molar-refractivity contribution is 6.24. The molecule has 1 aromatic carbocycles. The molecule has 43 heavy (non-hydrogen) atoms. The van der Waals surface area contributed by atoms with Crippen LogP contribution in [0.1, 0.15) is 56.0 Å². The number of phenolic OH excluding ortho intramolecular Hbond substituents is 1. The van der Waals surface area contributed by atoms with Gasteiger partial charge in [-0.2, -0.15) is 4.98 Å². The van der Waals surface area contributed by atoms with E-state index in [1.165, 1.54) is 6.07 Å². The number of rotatable bonds is 5. The Hall–Kier alpha value is -4.07. The normalized spacial score (nSPS) is 28.3. The number of ketones is 2. The summed E-state index contributed by atoms with van der Waals surface area (Å²) in [7, 11) is 1.60. The molecule has 4 atom stereocenters. The maximum atomic E-state index is 14.2. The number of likely N-dealkylation sites (tertiary alicyclic amines) is 1. The van der Waals surface area contributed by atoms with E-state index >= 15 is 0 Å². The van der Waals surface area contributed by atoms with E-state index in [0.717, 1.165) is 0 Å². The summed E-state index contributed by atoms with van der Waals surface area (Å²) in [5.41, 5.74) is 2.63. The lowest BCUT2D eigenvalue weighted by molar-refractivity contribution is -0.156. The quantitative estimate of drug-likeness (QED) is 0.313. The molecule has 4 aliphatic rings. The van der Waals surface area contributed by atoms with Crippen LogP contribution in [0.25, 0.3) is 17.2 Å². The number of aliphatic hydroxyl groups excluding tert-OH is 2. The maximum Gasteiger partial charge on any atom is 0.258 e. The topological polar surface area (TPSA) is 210 Å². The number of Topliss-reactive ketones (excluding diaryl/α,β-unsaturated/α-hetero) is 2. The minimum absolute atomic E-state index is 0.00599. The van der Waals surface area contributed by atoms with Crippen molar-refractivity contribution in [2.45, 2.75) is 63.2 Å². The molecule has 6 N–H and O–H groups in total. The van der Waals surface area contributed by atoms with Crippen LogP contribution in [0.15, 0.2) is 33.6 Å². The van der Waals surface area contributed by atoms with Crippen molar-refractivity contribution in [2.24, 2.45) is 17.6 Å². The van der Waals surface area contributed by atoms with Crippen molar-refractivity contribution in [3.63, 3.8) is 0 Å². The Morgan fingerprint density at radius 1 is 1.19 bits per heavy atom. The zero-order valence-corrected chi connectivity index (χ0v) is 24.0. The van der Waals surface area contributed by atoms with Gasteiger partial charge in [-0.15, -0.1) is 0 Å². The highest BCUT2D eigenvalue weighted by Crippen LogP contribution is 2.54. The predicted molar refractivity (Wildman–Crippen MR) is 150 cm³/mol. The number of amides is 1. The average Bonchev–Trinajstić information content (AvgIpc) is 3.46. The van der Waals surface area contributed by atoms with E-state index in [-0.39, 0.29) is 47.6 Å². The fraction of sp³-hybridized carbons (Fsp3) is 0.500. The molecule has 228 valence electrons. The average molecular weight is 595 g/mol. The number of fused-ring (bicyclic) bond motifs is 3. The first-order valence-corrected chi connectivity index (χ1v) is 14.3. The third-order valence-electron chi connectivity index (χ3n) is 9.44. The van der Waals surface area contributed by atoms with E-state index in [9.17, 15) is 34.8 Å². The first-order chi connectivity index (χ1) is 20.4. The second-order valence-electron chi connectivity index (χ2n) is 12.1. The predicted octanol–water partition coefficient (Wildman–Crippen LogP) is 1.69. The number of piperidine rings is 1. The summed E-state index contributed by atoms with van der Waals surface area (Å²) in [6, 6.07) is 1.78. The Kier molecular flexibility index (Phi) is 6.94. The van der Waals surface area contributed by atoms with Crippen LogP contribution in [0.4, 0.5) is 0 Å². The Labute approximate surface area is 246 Å². The molecule has 4 unspecified atom stereocenters. The third-order valence-corrected chi connectivity index (χ3v) is 9.44. The van der Waals surface area contributed by atoms with Crippen molar-refractivity contribution < 1.29 is 44.1 Å². The van der Waals surface area contributed by atoms with Crippen molar-refractivity contribution in [1.82, 2.24) is 15.0 Å². The highest BCUT2D eigenvalue weighted by Gasteiger charge is 2.64. The molecule has 0 radical (unpaired) electrons. The zero-order chi connectivity index (χ0) is 31.0. The number of aromatic hydroxyl groups is 1. The number of methoxy groups -OCH3 is 1. The van der Waals surface area contributed by atoms with Gasteiger partial charge in [-0.25, -0.2) is 0 Å². The van der Waals surface area contributed by atoms with Crippen LogP contribution in [-0.2, 0) is 25.5 Å². The molecular formula is C30H34N4O9. The maximum absolute atomic E-state index is 14.2. The molecule has 0 bridgehead atoms. The SMILES string of the molecule is COC1CCN(C2C(=O)C(C(N)=O)=C(O)C3(O)C(=O)C4=C(O)c5c(O)ccc(-c6nc(C(C)C)no6)c5CC4CC23)CC1. The lowest BCUT2D eigenvalue weighted by Crippen LogP contribution is -2.67. The molecule has 13 heteroatoms. The van der Waals surface area contributed by atoms with Crippen molar-refractivity contribution in [1.29, 1.82) is 0 Å². The largest absolute Gasteiger partial charge is 0.508 e. The standard InChI is InChI=1S/C30H34N4O9/c1-12(2)28-32-29(43-33-28)15-4-5-18(35)20-16(15)10-13-11-17-22(34-8-6-14(42-3)7-9-34)24(37)21(27(31)40)26(39)30(17,41)25(38)19(13)23(20)36/h4-5,12-14,17,22,35-36,39,41H,6-11H2,1-3H3,(H2,31,40). The van der Waals surface area contributed by atoms with Crippen LogP contribution >= 0.6 is 0 Å². The summed E-state index contributed by atoms with van der Waals surface area (Å²) in [4.78, 5) is 46.6. The van der Waals surface area contributed by atoms with E-state index < -0.39 is 58.0 Å². The number of carbonyl (C=O) groups is 3. The number of benzene rings is 1. The molecule has 0 spiro atoms. The van der Waals surface area contributed by atoms with Crippen LogP contribution in [0, 0.1) is 11.8 Å². The summed E-state index contributed by atoms with van der Waals surface area (Å²) in [6.45, 7) is 4.59. The van der Waals surface area contributed by atoms with E-state index in [1.54, 1.807) is 18.1 Å². The summed E-state index contributed by atoms with van der Waals surface area (Å²) >= 11 is 0. The van der Waals surface area contributed by atoms with Crippen LogP contribution in [0.2, 0.25) is 0 Å². The number of carbonyl (C=O) groups excluding carboxylic acids is 3. The van der Waals surface area contributed by atoms with Gasteiger partial charge in [0.2, 0.25) is 5.78 Å². The Morgan fingerprint density at radius 2 is 1.88 bits per heavy atom. The number of phenols is 1. The molecule has 1 saturated carbocycles. The first-order valence-electron chi connectivity index (χ1n) is 14.3. The van der Waals surface area contributed by atoms with Crippen LogP contribution in [0.5, 0.6) is 5.75 Å². The molecule has 2 heterocycles. The molecule has 1 aromatic heterocycles. The van der Waals surface area contributed by atoms with Gasteiger partial charge in [-0.1, -0.05) is 19.0 Å². The fourth-order valence-electron chi connectivity index (χ4n) is 7.24. The second-order valence-corrected chi connectivity index (χ2v) is 12.1. The van der Waals surface area contributed by atoms with Gasteiger partial charge in [0, 0.05) is 43.2 Å². The van der Waals surface area contributed by atoms with Gasteiger partial charge in [0.05, 0.1) is 17.7 Å². The molecule has 2 fully saturated rings. The molecule has 1 amide bonds. The number of aliphatic hydroxyl groups is 3. The zero-order valence-electron chi connectivity index (χ0n) is 24.0. The molecule has 6 rings (SSSR count). The smallest absolute Gasteiger partial charge is 0.258 e. The minimum atomic E-state index is -2.70. The van der Waals surface area contributed by atoms with Gasteiger partial charge in [-0.05, 0) is 49.3 Å². The van der Waals surface area contributed by atoms with Gasteiger partial charge in [-0.3, -0.25) is 19.3 Å². The number of aromatic nitrogens is 2. The van der Waals surface area contributed by atoms with Crippen molar-refractivity contribution >= 4 is 23.2 Å². The van der Waals surface area contributed by atoms with E-state index in [0.29, 0.717) is 42.9 Å². The summed E-state index contributed by atoms with van der Waals surface area (Å²) < 4.78 is 10.9. The number of hydrogen-bond acceptors (Lipinski definition) is 12. The lowest BCUT2D eigenvalue weighted by Gasteiger charge is -2.52. The molecule has 1 aliphatic heterocycles. The number of primary amides is 1. The van der Waals surface area contributed by atoms with Crippen LogP contribution in [0.3, 0.4) is 0 Å². The molecule has 3 aliphatic carbocycles. The minimum Gasteiger partial charge on any atom is -0.508 e. The molecule has 13 nitrogen and oxygen atoms in total. The first kappa shape index (κ1) is 29.0. The second kappa shape index (κ2) is 10.3. The van der Waals surface area contributed by atoms with E-state index in [4.69, 9.17) is 15.0 Å². The van der Waals surface area contributed by atoms with Crippen molar-refractivity contribution in [3.05, 3.63) is 46.0 Å². The van der Waals surface area contributed by atoms with Gasteiger partial charge >= 0.3 is 0 Å². The van der Waals surface area contributed by atoms with E-state index in [1.807, 2.05) is 13.8 Å². The third kappa shape index (κ3) is 4.20. The van der Waals surface area contributed by atoms with Gasteiger partial charge in [0.25, 0.3) is 11.8 Å². The fourth-order valence-corrected chi connectivity index (χ4v) is 7.24. The summed E-state index contributed by atoms with van der Waals surface area (Å²) in [5.74, 6) is -6.33. The van der Waals surface area contributed by atoms with Gasteiger partial charge in [0.15, 0.2) is 17.2 Å². The van der Waals surface area contributed by atoms with Crippen LogP contribution in [-0.4, -0.2) is 90.9 Å². The van der Waals surface area contributed by atoms with Gasteiger partial charge < -0.3 is 35.4 Å². The molecule has 2 aromatic rings. The Bertz CT molecular complexity index is 1600. The monoisotopic (exact) mass is 594 g/mol. The Balaban J connectivity index is 1.49. The Morgan fingerprint density at radius 3 is 2.49 bits per heavy atom. The number of ether oxygens (including phenoxy) is 1. The van der Waals surface area contributed by atoms with Crippen LogP contribution < -0.4 is 5.73 Å². The number of nitrogens with zero attached hydrogens (tertiary/aromatic N) is 3. The molecular weight excluding hydrogens is 560 g/mol. The summed E-state index contributed by atoms with van der Waals surface area (Å²) in [5, 5.41) is 49.5. The van der Waals surface area contributed by atoms with Crippen molar-refractivity contribution in [2.75, 3.05) is 20.2 Å². The number of nitrogens with two attached hydrogens (primary N) is 1. The highest BCUT2D eigenvalue weighted by atomic mass is 16.5. The summed E-state index contributed by atoms with van der Waals surface area (Å²) in [6.07, 6.45) is 1.24. The number of hydrogen-bond donors (Lipinski definition) is 5. The van der Waals surface area contributed by atoms with E-state index in [2.05, 4.69) is 10.1 Å². The molecule has 1 saturated heterocycles. The van der Waals surface area contributed by atoms with Gasteiger partial charge in [0.1, 0.15) is 22.8 Å². The lowest BCUT2D eigenvalue weighted by atomic mass is 9.57. The van der Waals surface area contributed by atoms with Crippen molar-refractivity contribution in [3.8, 4) is 17.2 Å².